The van der Waals surface area contributed by atoms with Gasteiger partial charge >= 0.3 is 5.97 Å². The molecule has 0 N–H and O–H groups in total. The minimum absolute atomic E-state index is 0.0259. The summed E-state index contributed by atoms with van der Waals surface area (Å²) in [6.07, 6.45) is 5.22. The highest BCUT2D eigenvalue weighted by atomic mass is 16.5. The molecule has 0 aromatic heterocycles. The molecule has 3 nitrogen and oxygen atoms in total. The van der Waals surface area contributed by atoms with Gasteiger partial charge in [0.1, 0.15) is 0 Å². The maximum Gasteiger partial charge on any atom is 0.309 e. The number of carbonyl (C=O) groups excluding carboxylic acids is 1. The zero-order valence-corrected chi connectivity index (χ0v) is 8.75. The van der Waals surface area contributed by atoms with E-state index in [2.05, 4.69) is 0 Å². The Hall–Kier alpha value is -0.570. The van der Waals surface area contributed by atoms with Gasteiger partial charge in [-0.05, 0) is 39.0 Å². The third kappa shape index (κ3) is 1.78. The van der Waals surface area contributed by atoms with Crippen LogP contribution in [0, 0.1) is 5.92 Å². The largest absolute Gasteiger partial charge is 0.466 e. The third-order valence-electron chi connectivity index (χ3n) is 3.38. The fraction of sp³-hybridized carbons (Fsp3) is 0.909. The van der Waals surface area contributed by atoms with Crippen LogP contribution in [-0.2, 0) is 14.3 Å². The Balaban J connectivity index is 1.90. The first kappa shape index (κ1) is 9.97. The van der Waals surface area contributed by atoms with Crippen molar-refractivity contribution in [3.05, 3.63) is 0 Å². The van der Waals surface area contributed by atoms with Crippen LogP contribution in [0.15, 0.2) is 0 Å². The van der Waals surface area contributed by atoms with E-state index in [1.54, 1.807) is 0 Å². The van der Waals surface area contributed by atoms with Crippen molar-refractivity contribution in [3.8, 4) is 0 Å². The molecule has 1 saturated heterocycles. The summed E-state index contributed by atoms with van der Waals surface area (Å²) in [5.41, 5.74) is 0.0513. The van der Waals surface area contributed by atoms with Crippen LogP contribution >= 0.6 is 0 Å². The first-order chi connectivity index (χ1) is 6.76. The van der Waals surface area contributed by atoms with Gasteiger partial charge in [-0.3, -0.25) is 4.79 Å². The Morgan fingerprint density at radius 1 is 1.57 bits per heavy atom. The topological polar surface area (TPSA) is 35.5 Å². The predicted molar refractivity (Wildman–Crippen MR) is 51.9 cm³/mol. The van der Waals surface area contributed by atoms with E-state index >= 15 is 0 Å². The number of rotatable bonds is 2. The Morgan fingerprint density at radius 3 is 2.93 bits per heavy atom. The fourth-order valence-corrected chi connectivity index (χ4v) is 2.41. The van der Waals surface area contributed by atoms with Gasteiger partial charge < -0.3 is 9.47 Å². The maximum absolute atomic E-state index is 11.5. The smallest absolute Gasteiger partial charge is 0.309 e. The molecular formula is C11H18O3. The molecule has 1 aliphatic carbocycles. The second kappa shape index (κ2) is 3.89. The van der Waals surface area contributed by atoms with Crippen LogP contribution < -0.4 is 0 Å². The van der Waals surface area contributed by atoms with Crippen molar-refractivity contribution in [2.24, 2.45) is 5.92 Å². The number of carbonyl (C=O) groups is 1. The highest BCUT2D eigenvalue weighted by molar-refractivity contribution is 5.72. The van der Waals surface area contributed by atoms with Crippen molar-refractivity contribution < 1.29 is 14.3 Å². The summed E-state index contributed by atoms with van der Waals surface area (Å²) >= 11 is 0. The Bertz CT molecular complexity index is 221. The zero-order valence-electron chi connectivity index (χ0n) is 8.75. The molecule has 2 fully saturated rings. The van der Waals surface area contributed by atoms with E-state index in [0.717, 1.165) is 32.3 Å². The SMILES string of the molecule is CCOC(=O)C1CCOC2(CCC2)C1. The molecule has 1 unspecified atom stereocenters. The standard InChI is InChI=1S/C11H18O3/c1-2-13-10(12)9-4-7-14-11(8-9)5-3-6-11/h9H,2-8H2,1H3. The Labute approximate surface area is 84.8 Å². The average molecular weight is 198 g/mol. The average Bonchev–Trinajstić information content (AvgIpc) is 2.16. The van der Waals surface area contributed by atoms with Gasteiger partial charge in [-0.2, -0.15) is 0 Å². The van der Waals surface area contributed by atoms with E-state index in [0.29, 0.717) is 6.61 Å². The second-order valence-corrected chi connectivity index (χ2v) is 4.33. The van der Waals surface area contributed by atoms with Crippen molar-refractivity contribution in [1.29, 1.82) is 0 Å². The minimum atomic E-state index is -0.0259. The molecule has 2 rings (SSSR count). The highest BCUT2D eigenvalue weighted by Gasteiger charge is 2.44. The molecule has 3 heteroatoms. The summed E-state index contributed by atoms with van der Waals surface area (Å²) in [4.78, 5) is 11.5. The molecule has 0 aromatic carbocycles. The first-order valence-electron chi connectivity index (χ1n) is 5.56. The molecule has 80 valence electrons. The maximum atomic E-state index is 11.5. The molecule has 1 heterocycles. The predicted octanol–water partition coefficient (Wildman–Crippen LogP) is 1.90. The monoisotopic (exact) mass is 198 g/mol. The minimum Gasteiger partial charge on any atom is -0.466 e. The van der Waals surface area contributed by atoms with Gasteiger partial charge in [0.25, 0.3) is 0 Å². The molecule has 1 aliphatic heterocycles. The lowest BCUT2D eigenvalue weighted by molar-refractivity contribution is -0.171. The van der Waals surface area contributed by atoms with Crippen molar-refractivity contribution in [1.82, 2.24) is 0 Å². The molecule has 0 amide bonds. The summed E-state index contributed by atoms with van der Waals surface area (Å²) in [6.45, 7) is 3.07. The number of ether oxygens (including phenoxy) is 2. The zero-order chi connectivity index (χ0) is 10.0. The summed E-state index contributed by atoms with van der Waals surface area (Å²) in [6, 6.07) is 0. The molecule has 14 heavy (non-hydrogen) atoms. The van der Waals surface area contributed by atoms with Crippen molar-refractivity contribution in [2.45, 2.75) is 44.6 Å². The Morgan fingerprint density at radius 2 is 2.36 bits per heavy atom. The summed E-state index contributed by atoms with van der Waals surface area (Å²) in [5.74, 6) is 0.0612. The third-order valence-corrected chi connectivity index (χ3v) is 3.38. The molecular weight excluding hydrogens is 180 g/mol. The molecule has 1 saturated carbocycles. The van der Waals surface area contributed by atoms with Crippen LogP contribution in [0.25, 0.3) is 0 Å². The number of esters is 1. The van der Waals surface area contributed by atoms with Gasteiger partial charge in [0.05, 0.1) is 18.1 Å². The van der Waals surface area contributed by atoms with Crippen molar-refractivity contribution in [2.75, 3.05) is 13.2 Å². The van der Waals surface area contributed by atoms with Crippen LogP contribution in [0.4, 0.5) is 0 Å². The second-order valence-electron chi connectivity index (χ2n) is 4.33. The normalized spacial score (nSPS) is 29.6. The van der Waals surface area contributed by atoms with Gasteiger partial charge in [-0.1, -0.05) is 0 Å². The van der Waals surface area contributed by atoms with Crippen molar-refractivity contribution in [3.63, 3.8) is 0 Å². The van der Waals surface area contributed by atoms with Gasteiger partial charge in [0, 0.05) is 6.61 Å². The van der Waals surface area contributed by atoms with E-state index < -0.39 is 0 Å². The highest BCUT2D eigenvalue weighted by Crippen LogP contribution is 2.44. The van der Waals surface area contributed by atoms with Crippen molar-refractivity contribution >= 4 is 5.97 Å². The number of hydrogen-bond donors (Lipinski definition) is 0. The fourth-order valence-electron chi connectivity index (χ4n) is 2.41. The van der Waals surface area contributed by atoms with E-state index in [1.165, 1.54) is 6.42 Å². The van der Waals surface area contributed by atoms with Gasteiger partial charge in [0.15, 0.2) is 0 Å². The molecule has 1 spiro atoms. The van der Waals surface area contributed by atoms with Crippen LogP contribution in [0.3, 0.4) is 0 Å². The summed E-state index contributed by atoms with van der Waals surface area (Å²) in [5, 5.41) is 0. The van der Waals surface area contributed by atoms with E-state index in [9.17, 15) is 4.79 Å². The van der Waals surface area contributed by atoms with Crippen LogP contribution in [-0.4, -0.2) is 24.8 Å². The molecule has 0 bridgehead atoms. The van der Waals surface area contributed by atoms with E-state index in [-0.39, 0.29) is 17.5 Å². The van der Waals surface area contributed by atoms with Gasteiger partial charge in [0.2, 0.25) is 0 Å². The van der Waals surface area contributed by atoms with Gasteiger partial charge in [-0.15, -0.1) is 0 Å². The molecule has 0 radical (unpaired) electrons. The quantitative estimate of drug-likeness (QED) is 0.636. The van der Waals surface area contributed by atoms with Crippen LogP contribution in [0.5, 0.6) is 0 Å². The summed E-state index contributed by atoms with van der Waals surface area (Å²) in [7, 11) is 0. The number of hydrogen-bond acceptors (Lipinski definition) is 3. The van der Waals surface area contributed by atoms with E-state index in [4.69, 9.17) is 9.47 Å². The Kier molecular flexibility index (Phi) is 2.77. The molecule has 2 aliphatic rings. The van der Waals surface area contributed by atoms with Crippen LogP contribution in [0.2, 0.25) is 0 Å². The molecule has 0 aromatic rings. The first-order valence-corrected chi connectivity index (χ1v) is 5.56. The lowest BCUT2D eigenvalue weighted by Gasteiger charge is -2.46. The van der Waals surface area contributed by atoms with Crippen LogP contribution in [0.1, 0.15) is 39.0 Å². The van der Waals surface area contributed by atoms with Gasteiger partial charge in [-0.25, -0.2) is 0 Å². The van der Waals surface area contributed by atoms with E-state index in [1.807, 2.05) is 6.92 Å². The lowest BCUT2D eigenvalue weighted by Crippen LogP contribution is -2.47. The molecule has 1 atom stereocenters. The lowest BCUT2D eigenvalue weighted by atomic mass is 9.72. The summed E-state index contributed by atoms with van der Waals surface area (Å²) < 4.78 is 10.8.